The zero-order valence-electron chi connectivity index (χ0n) is 19.7. The normalized spacial score (nSPS) is 15.6. The molecule has 0 radical (unpaired) electrons. The molecule has 0 saturated carbocycles. The summed E-state index contributed by atoms with van der Waals surface area (Å²) in [4.78, 5) is 12.5. The SMILES string of the molecule is COC(=O)C1=C(C)OC(N)=C(C#N)[C@H]1c1ccc(OCc2c(C)cc(C)cc2C)c(OC)c1. The Morgan fingerprint density at radius 2 is 1.76 bits per heavy atom. The Morgan fingerprint density at radius 3 is 2.33 bits per heavy atom. The van der Waals surface area contributed by atoms with Crippen LogP contribution in [0.5, 0.6) is 11.5 Å². The van der Waals surface area contributed by atoms with Gasteiger partial charge in [-0.05, 0) is 62.1 Å². The van der Waals surface area contributed by atoms with Crippen LogP contribution < -0.4 is 15.2 Å². The van der Waals surface area contributed by atoms with E-state index in [1.165, 1.54) is 19.8 Å². The molecule has 7 heteroatoms. The third kappa shape index (κ3) is 4.65. The van der Waals surface area contributed by atoms with Crippen molar-refractivity contribution < 1.29 is 23.7 Å². The van der Waals surface area contributed by atoms with Crippen LogP contribution in [0.15, 0.2) is 53.1 Å². The number of nitrogens with zero attached hydrogens (tertiary/aromatic N) is 1. The van der Waals surface area contributed by atoms with Gasteiger partial charge in [-0.25, -0.2) is 4.79 Å². The van der Waals surface area contributed by atoms with Gasteiger partial charge in [-0.3, -0.25) is 0 Å². The van der Waals surface area contributed by atoms with Gasteiger partial charge in [0.25, 0.3) is 0 Å². The Morgan fingerprint density at radius 1 is 1.09 bits per heavy atom. The lowest BCUT2D eigenvalue weighted by Crippen LogP contribution is -2.25. The van der Waals surface area contributed by atoms with Gasteiger partial charge >= 0.3 is 5.97 Å². The second kappa shape index (κ2) is 9.70. The predicted octanol–water partition coefficient (Wildman–Crippen LogP) is 4.45. The van der Waals surface area contributed by atoms with E-state index in [4.69, 9.17) is 24.7 Å². The molecule has 0 bridgehead atoms. The molecule has 0 aliphatic carbocycles. The maximum absolute atomic E-state index is 12.5. The minimum Gasteiger partial charge on any atom is -0.493 e. The highest BCUT2D eigenvalue weighted by Crippen LogP contribution is 2.42. The number of rotatable bonds is 6. The average molecular weight is 449 g/mol. The molecular formula is C26H28N2O5. The lowest BCUT2D eigenvalue weighted by molar-refractivity contribution is -0.136. The van der Waals surface area contributed by atoms with Gasteiger partial charge in [0.1, 0.15) is 24.0 Å². The van der Waals surface area contributed by atoms with Crippen LogP contribution in [0.1, 0.15) is 40.7 Å². The fraction of sp³-hybridized carbons (Fsp3) is 0.308. The van der Waals surface area contributed by atoms with E-state index in [0.717, 1.165) is 16.7 Å². The highest BCUT2D eigenvalue weighted by atomic mass is 16.5. The van der Waals surface area contributed by atoms with Crippen LogP contribution in [0.2, 0.25) is 0 Å². The summed E-state index contributed by atoms with van der Waals surface area (Å²) >= 11 is 0. The van der Waals surface area contributed by atoms with E-state index < -0.39 is 11.9 Å². The molecule has 2 N–H and O–H groups in total. The number of carbonyl (C=O) groups is 1. The molecule has 33 heavy (non-hydrogen) atoms. The maximum atomic E-state index is 12.5. The molecule has 1 aliphatic rings. The number of hydrogen-bond donors (Lipinski definition) is 1. The van der Waals surface area contributed by atoms with E-state index >= 15 is 0 Å². The molecule has 1 atom stereocenters. The number of methoxy groups -OCH3 is 2. The van der Waals surface area contributed by atoms with Crippen molar-refractivity contribution in [3.05, 3.63) is 80.9 Å². The molecule has 7 nitrogen and oxygen atoms in total. The number of benzene rings is 2. The van der Waals surface area contributed by atoms with E-state index in [1.54, 1.807) is 25.1 Å². The number of allylic oxidation sites excluding steroid dienone is 2. The van der Waals surface area contributed by atoms with Gasteiger partial charge < -0.3 is 24.7 Å². The van der Waals surface area contributed by atoms with Crippen molar-refractivity contribution in [1.82, 2.24) is 0 Å². The Balaban J connectivity index is 1.99. The smallest absolute Gasteiger partial charge is 0.338 e. The summed E-state index contributed by atoms with van der Waals surface area (Å²) in [5.41, 5.74) is 11.6. The van der Waals surface area contributed by atoms with E-state index in [0.29, 0.717) is 23.7 Å². The second-order valence-corrected chi connectivity index (χ2v) is 7.96. The second-order valence-electron chi connectivity index (χ2n) is 7.96. The topological polar surface area (TPSA) is 104 Å². The van der Waals surface area contributed by atoms with Crippen molar-refractivity contribution in [1.29, 1.82) is 5.26 Å². The van der Waals surface area contributed by atoms with E-state index in [1.807, 2.05) is 0 Å². The van der Waals surface area contributed by atoms with E-state index in [9.17, 15) is 10.1 Å². The number of ether oxygens (including phenoxy) is 4. The van der Waals surface area contributed by atoms with Gasteiger partial charge in [0.05, 0.1) is 25.7 Å². The molecule has 1 heterocycles. The zero-order valence-corrected chi connectivity index (χ0v) is 19.7. The van der Waals surface area contributed by atoms with Crippen molar-refractivity contribution in [2.75, 3.05) is 14.2 Å². The summed E-state index contributed by atoms with van der Waals surface area (Å²) < 4.78 is 22.0. The Bertz CT molecular complexity index is 1180. The maximum Gasteiger partial charge on any atom is 0.338 e. The van der Waals surface area contributed by atoms with Gasteiger partial charge in [0.15, 0.2) is 11.5 Å². The van der Waals surface area contributed by atoms with Crippen LogP contribution in [0, 0.1) is 32.1 Å². The largest absolute Gasteiger partial charge is 0.493 e. The third-order valence-corrected chi connectivity index (χ3v) is 5.74. The first-order valence-corrected chi connectivity index (χ1v) is 10.5. The Kier molecular flexibility index (Phi) is 6.98. The number of esters is 1. The first-order valence-electron chi connectivity index (χ1n) is 10.5. The number of aryl methyl sites for hydroxylation is 3. The number of carbonyl (C=O) groups excluding carboxylic acids is 1. The van der Waals surface area contributed by atoms with Crippen molar-refractivity contribution in [2.45, 2.75) is 40.2 Å². The molecule has 2 aromatic rings. The van der Waals surface area contributed by atoms with Crippen LogP contribution in [0.3, 0.4) is 0 Å². The van der Waals surface area contributed by atoms with E-state index in [-0.39, 0.29) is 22.8 Å². The summed E-state index contributed by atoms with van der Waals surface area (Å²) in [6.07, 6.45) is 0. The lowest BCUT2D eigenvalue weighted by Gasteiger charge is -2.27. The minimum absolute atomic E-state index is 0.0442. The summed E-state index contributed by atoms with van der Waals surface area (Å²) in [6, 6.07) is 11.6. The summed E-state index contributed by atoms with van der Waals surface area (Å²) in [6.45, 7) is 8.19. The standard InChI is InChI=1S/C26H28N2O5/c1-14-9-15(2)20(16(3)10-14)13-32-21-8-7-18(11-22(21)30-5)24-19(12-27)25(28)33-17(4)23(24)26(29)31-6/h7-11,24H,13,28H2,1-6H3/t24-/m1/s1. The minimum atomic E-state index is -0.749. The van der Waals surface area contributed by atoms with Crippen molar-refractivity contribution >= 4 is 5.97 Å². The molecular weight excluding hydrogens is 420 g/mol. The quantitative estimate of drug-likeness (QED) is 0.651. The van der Waals surface area contributed by atoms with Crippen LogP contribution in [0.4, 0.5) is 0 Å². The fourth-order valence-corrected chi connectivity index (χ4v) is 4.16. The van der Waals surface area contributed by atoms with Crippen LogP contribution in [0.25, 0.3) is 0 Å². The average Bonchev–Trinajstić information content (AvgIpc) is 2.77. The summed E-state index contributed by atoms with van der Waals surface area (Å²) in [7, 11) is 2.82. The van der Waals surface area contributed by atoms with Gasteiger partial charge in [0.2, 0.25) is 5.88 Å². The van der Waals surface area contributed by atoms with Gasteiger partial charge in [-0.2, -0.15) is 5.26 Å². The third-order valence-electron chi connectivity index (χ3n) is 5.74. The monoisotopic (exact) mass is 448 g/mol. The van der Waals surface area contributed by atoms with Crippen LogP contribution >= 0.6 is 0 Å². The van der Waals surface area contributed by atoms with E-state index in [2.05, 4.69) is 39.0 Å². The fourth-order valence-electron chi connectivity index (χ4n) is 4.16. The van der Waals surface area contributed by atoms with Crippen molar-refractivity contribution in [3.8, 4) is 17.6 Å². The molecule has 3 rings (SSSR count). The molecule has 0 aromatic heterocycles. The number of nitriles is 1. The molecule has 0 fully saturated rings. The molecule has 0 amide bonds. The first kappa shape index (κ1) is 23.7. The van der Waals surface area contributed by atoms with Gasteiger partial charge in [0, 0.05) is 0 Å². The lowest BCUT2D eigenvalue weighted by atomic mass is 9.83. The van der Waals surface area contributed by atoms with Gasteiger partial charge in [-0.1, -0.05) is 23.8 Å². The molecule has 0 unspecified atom stereocenters. The summed E-state index contributed by atoms with van der Waals surface area (Å²) in [5.74, 6) is -0.0871. The Labute approximate surface area is 194 Å². The summed E-state index contributed by atoms with van der Waals surface area (Å²) in [5, 5.41) is 9.72. The molecule has 1 aliphatic heterocycles. The molecule has 2 aromatic carbocycles. The number of nitrogens with two attached hydrogens (primary N) is 1. The van der Waals surface area contributed by atoms with Gasteiger partial charge in [-0.15, -0.1) is 0 Å². The Hall–Kier alpha value is -3.92. The van der Waals surface area contributed by atoms with Crippen molar-refractivity contribution in [2.24, 2.45) is 5.73 Å². The first-order chi connectivity index (χ1) is 15.7. The predicted molar refractivity (Wildman–Crippen MR) is 123 cm³/mol. The molecule has 172 valence electrons. The van der Waals surface area contributed by atoms with Crippen LogP contribution in [-0.4, -0.2) is 20.2 Å². The van der Waals surface area contributed by atoms with Crippen LogP contribution in [-0.2, 0) is 20.9 Å². The van der Waals surface area contributed by atoms with Crippen molar-refractivity contribution in [3.63, 3.8) is 0 Å². The molecule has 0 spiro atoms. The highest BCUT2D eigenvalue weighted by Gasteiger charge is 2.36. The highest BCUT2D eigenvalue weighted by molar-refractivity contribution is 5.92. The molecule has 0 saturated heterocycles. The number of hydrogen-bond acceptors (Lipinski definition) is 7. The zero-order chi connectivity index (χ0) is 24.3.